The first-order valence-electron chi connectivity index (χ1n) is 33.8. The average molecular weight is 1330 g/mol. The molecule has 0 spiro atoms. The van der Waals surface area contributed by atoms with Gasteiger partial charge in [0.05, 0.1) is 6.42 Å². The van der Waals surface area contributed by atoms with Crippen LogP contribution in [0.1, 0.15) is 113 Å². The first-order valence-corrected chi connectivity index (χ1v) is 33.8. The number of carbonyl (C=O) groups excluding carboxylic acids is 10. The Labute approximate surface area is 566 Å². The number of nitrogens with two attached hydrogens (primary N) is 5. The minimum atomic E-state index is -1.69. The number of fused-ring (bicyclic) bond motifs is 2. The molecule has 24 heteroatoms. The van der Waals surface area contributed by atoms with Crippen molar-refractivity contribution < 1.29 is 47.9 Å². The Morgan fingerprint density at radius 3 is 1.09 bits per heavy atom. The van der Waals surface area contributed by atoms with E-state index in [1.807, 2.05) is 133 Å². The van der Waals surface area contributed by atoms with E-state index in [9.17, 15) is 43.2 Å². The molecule has 518 valence electrons. The molecular weight excluding hydrogens is 1230 g/mol. The van der Waals surface area contributed by atoms with Gasteiger partial charge in [0.15, 0.2) is 0 Å². The third kappa shape index (κ3) is 24.2. The Kier molecular flexibility index (Phi) is 30.4. The molecule has 1 heterocycles. The molecule has 6 aromatic carbocycles. The van der Waals surface area contributed by atoms with Crippen LogP contribution in [0, 0.1) is 0 Å². The average Bonchev–Trinajstić information content (AvgIpc) is 0.974. The van der Waals surface area contributed by atoms with Crippen molar-refractivity contribution in [1.82, 2.24) is 47.9 Å². The topological polar surface area (TPSA) is 409 Å². The molecule has 24 nitrogen and oxygen atoms in total. The fourth-order valence-electron chi connectivity index (χ4n) is 11.7. The molecule has 19 N–H and O–H groups in total. The molecule has 1 aliphatic heterocycles. The molecule has 1 fully saturated rings. The second kappa shape index (κ2) is 39.4. The van der Waals surface area contributed by atoms with Crippen LogP contribution in [0.4, 0.5) is 0 Å². The van der Waals surface area contributed by atoms with Gasteiger partial charge >= 0.3 is 0 Å². The molecule has 0 aliphatic carbocycles. The standard InChI is InChI=1S/C73H96N14O10/c74-36-12-8-23-56-67(91)81-57(24-9-13-37-75)68(92)85-60(43-47-28-32-53(33-29-47)50-17-2-1-3-18-50)66(90)79-40-16-27-65(89)80-61(44-48-30-34-51-19-4-6-21-54(51)41-48)71(95)82-59(26-11-15-39-77)70(94)87-63(46-64(78)88)73(97)84-58(25-10-14-38-76)69(93)86-62(72(96)83-56)45-49-31-35-52-20-5-7-22-55(52)42-49/h1-7,17-22,28-35,41-42,56-63H,8-16,23-27,36-40,43-46,74-77H2,(H2,78,88)(H,79,90)(H,80,89)(H,81,91)(H,82,95)(H,83,96)(H,84,97)(H,85,92)(H,86,93)(H,87,94)/t56-,57-,58-,59-,60-,61-,62-,63-/m0/s1. The van der Waals surface area contributed by atoms with Crippen molar-refractivity contribution in [2.45, 2.75) is 164 Å². The van der Waals surface area contributed by atoms with E-state index in [0.717, 1.165) is 32.7 Å². The summed E-state index contributed by atoms with van der Waals surface area (Å²) in [5, 5.41) is 28.8. The summed E-state index contributed by atoms with van der Waals surface area (Å²) in [6.45, 7) is 0.965. The van der Waals surface area contributed by atoms with Crippen LogP contribution < -0.4 is 76.5 Å². The van der Waals surface area contributed by atoms with E-state index in [-0.39, 0.29) is 90.5 Å². The first kappa shape index (κ1) is 74.8. The van der Waals surface area contributed by atoms with Crippen LogP contribution in [0.3, 0.4) is 0 Å². The van der Waals surface area contributed by atoms with Gasteiger partial charge < -0.3 is 76.5 Å². The summed E-state index contributed by atoms with van der Waals surface area (Å²) in [4.78, 5) is 145. The van der Waals surface area contributed by atoms with Crippen LogP contribution in [0.5, 0.6) is 0 Å². The Balaban J connectivity index is 1.28. The highest BCUT2D eigenvalue weighted by molar-refractivity contribution is 5.99. The zero-order valence-corrected chi connectivity index (χ0v) is 55.1. The predicted molar refractivity (Wildman–Crippen MR) is 374 cm³/mol. The SMILES string of the molecule is NCCCC[C@@H]1NC(=O)[C@H](Cc2ccc3ccccc3c2)NC(=O)CCCNC(=O)[C@H](Cc2ccc(-c3ccccc3)cc2)NC(=O)[C@H](CCCCN)NC(=O)[C@H](CCCCN)NC(=O)[C@H](Cc2ccc3ccccc3c2)NC(=O)[C@H](CCCCN)NC(=O)[C@H](CC(N)=O)NC1=O. The lowest BCUT2D eigenvalue weighted by atomic mass is 9.99. The summed E-state index contributed by atoms with van der Waals surface area (Å²) in [6, 6.07) is 32.6. The highest BCUT2D eigenvalue weighted by atomic mass is 16.2. The van der Waals surface area contributed by atoms with E-state index in [1.165, 1.54) is 0 Å². The lowest BCUT2D eigenvalue weighted by molar-refractivity contribution is -0.136. The predicted octanol–water partition coefficient (Wildman–Crippen LogP) is 2.87. The van der Waals surface area contributed by atoms with Crippen LogP contribution in [0.2, 0.25) is 0 Å². The van der Waals surface area contributed by atoms with E-state index in [0.29, 0.717) is 68.1 Å². The van der Waals surface area contributed by atoms with E-state index in [2.05, 4.69) is 47.9 Å². The minimum Gasteiger partial charge on any atom is -0.370 e. The van der Waals surface area contributed by atoms with Crippen molar-refractivity contribution in [3.8, 4) is 11.1 Å². The van der Waals surface area contributed by atoms with E-state index >= 15 is 4.79 Å². The Hall–Kier alpha value is -9.62. The molecule has 0 aromatic heterocycles. The molecule has 10 amide bonds. The number of carbonyl (C=O) groups is 10. The number of unbranched alkanes of at least 4 members (excludes halogenated alkanes) is 4. The van der Waals surface area contributed by atoms with Gasteiger partial charge in [0, 0.05) is 32.2 Å². The molecule has 8 atom stereocenters. The van der Waals surface area contributed by atoms with Crippen molar-refractivity contribution in [1.29, 1.82) is 0 Å². The summed E-state index contributed by atoms with van der Waals surface area (Å²) < 4.78 is 0. The number of hydrogen-bond acceptors (Lipinski definition) is 14. The number of nitrogens with one attached hydrogen (secondary N) is 9. The quantitative estimate of drug-likeness (QED) is 0.0367. The van der Waals surface area contributed by atoms with Crippen molar-refractivity contribution in [2.24, 2.45) is 28.7 Å². The molecule has 0 radical (unpaired) electrons. The van der Waals surface area contributed by atoms with Crippen molar-refractivity contribution >= 4 is 80.6 Å². The third-order valence-electron chi connectivity index (χ3n) is 17.2. The Bertz CT molecular complexity index is 3610. The molecule has 0 bridgehead atoms. The molecule has 7 rings (SSSR count). The normalized spacial score (nSPS) is 21.1. The Morgan fingerprint density at radius 1 is 0.340 bits per heavy atom. The molecule has 1 aliphatic rings. The number of hydrogen-bond donors (Lipinski definition) is 14. The minimum absolute atomic E-state index is 0.00568. The smallest absolute Gasteiger partial charge is 0.243 e. The van der Waals surface area contributed by atoms with Crippen LogP contribution in [-0.4, -0.2) is 140 Å². The van der Waals surface area contributed by atoms with E-state index < -0.39 is 114 Å². The fourth-order valence-corrected chi connectivity index (χ4v) is 11.7. The maximum absolute atomic E-state index is 15.1. The molecular formula is C73H96N14O10. The fraction of sp³-hybridized carbons (Fsp3) is 0.425. The lowest BCUT2D eigenvalue weighted by Gasteiger charge is -2.28. The first-order chi connectivity index (χ1) is 46.9. The van der Waals surface area contributed by atoms with Crippen molar-refractivity contribution in [2.75, 3.05) is 32.7 Å². The van der Waals surface area contributed by atoms with Gasteiger partial charge in [-0.1, -0.05) is 140 Å². The van der Waals surface area contributed by atoms with Gasteiger partial charge in [-0.15, -0.1) is 0 Å². The molecule has 0 unspecified atom stereocenters. The largest absolute Gasteiger partial charge is 0.370 e. The molecule has 97 heavy (non-hydrogen) atoms. The van der Waals surface area contributed by atoms with E-state index in [1.54, 1.807) is 6.07 Å². The van der Waals surface area contributed by atoms with Gasteiger partial charge in [0.1, 0.15) is 48.3 Å². The van der Waals surface area contributed by atoms with Crippen LogP contribution >= 0.6 is 0 Å². The zero-order valence-electron chi connectivity index (χ0n) is 55.1. The second-order valence-corrected chi connectivity index (χ2v) is 24.8. The highest BCUT2D eigenvalue weighted by Crippen LogP contribution is 2.22. The third-order valence-corrected chi connectivity index (χ3v) is 17.2. The summed E-state index contributed by atoms with van der Waals surface area (Å²) in [5.41, 5.74) is 33.3. The molecule has 6 aromatic rings. The summed E-state index contributed by atoms with van der Waals surface area (Å²) in [5.74, 6) is -7.83. The monoisotopic (exact) mass is 1330 g/mol. The number of primary amides is 1. The summed E-state index contributed by atoms with van der Waals surface area (Å²) >= 11 is 0. The summed E-state index contributed by atoms with van der Waals surface area (Å²) in [7, 11) is 0. The van der Waals surface area contributed by atoms with Crippen LogP contribution in [0.25, 0.3) is 32.7 Å². The maximum atomic E-state index is 15.1. The molecule has 0 saturated carbocycles. The highest BCUT2D eigenvalue weighted by Gasteiger charge is 2.36. The van der Waals surface area contributed by atoms with Crippen molar-refractivity contribution in [3.63, 3.8) is 0 Å². The molecule has 1 saturated heterocycles. The van der Waals surface area contributed by atoms with Gasteiger partial charge in [-0.3, -0.25) is 47.9 Å². The van der Waals surface area contributed by atoms with Crippen LogP contribution in [-0.2, 0) is 67.2 Å². The van der Waals surface area contributed by atoms with Gasteiger partial charge in [-0.25, -0.2) is 0 Å². The van der Waals surface area contributed by atoms with Crippen molar-refractivity contribution in [3.05, 3.63) is 156 Å². The summed E-state index contributed by atoms with van der Waals surface area (Å²) in [6.07, 6.45) is 2.31. The van der Waals surface area contributed by atoms with Gasteiger partial charge in [0.2, 0.25) is 59.1 Å². The van der Waals surface area contributed by atoms with Gasteiger partial charge in [-0.05, 0) is 159 Å². The van der Waals surface area contributed by atoms with E-state index in [4.69, 9.17) is 28.7 Å². The second-order valence-electron chi connectivity index (χ2n) is 24.8. The number of amides is 10. The lowest BCUT2D eigenvalue weighted by Crippen LogP contribution is -2.61. The van der Waals surface area contributed by atoms with Crippen LogP contribution in [0.15, 0.2) is 140 Å². The zero-order chi connectivity index (χ0) is 69.5. The number of benzene rings is 6. The number of rotatable bonds is 25. The Morgan fingerprint density at radius 2 is 0.670 bits per heavy atom. The van der Waals surface area contributed by atoms with Gasteiger partial charge in [0.25, 0.3) is 0 Å². The maximum Gasteiger partial charge on any atom is 0.243 e. The van der Waals surface area contributed by atoms with Gasteiger partial charge in [-0.2, -0.15) is 0 Å².